The second-order valence-corrected chi connectivity index (χ2v) is 8.10. The van der Waals surface area contributed by atoms with E-state index in [0.29, 0.717) is 11.8 Å². The smallest absolute Gasteiger partial charge is 0.0412 e. The molecule has 0 radical (unpaired) electrons. The number of nitrogens with two attached hydrogens (primary N) is 2. The van der Waals surface area contributed by atoms with Crippen molar-refractivity contribution in [2.75, 3.05) is 11.5 Å². The fraction of sp³-hybridized carbons (Fsp3) is 0.280. The number of benzene rings is 3. The summed E-state index contributed by atoms with van der Waals surface area (Å²) in [5.41, 5.74) is 24.6. The zero-order valence-corrected chi connectivity index (χ0v) is 15.8. The number of aryl methyl sites for hydroxylation is 3. The lowest BCUT2D eigenvalue weighted by atomic mass is 9.82. The summed E-state index contributed by atoms with van der Waals surface area (Å²) in [7, 11) is 0. The largest absolute Gasteiger partial charge is 0.398 e. The molecule has 5 rings (SSSR count). The highest BCUT2D eigenvalue weighted by Crippen LogP contribution is 2.48. The second kappa shape index (κ2) is 6.16. The van der Waals surface area contributed by atoms with Gasteiger partial charge in [-0.25, -0.2) is 0 Å². The molecule has 3 aromatic carbocycles. The molecule has 0 aliphatic heterocycles. The van der Waals surface area contributed by atoms with Crippen molar-refractivity contribution in [3.05, 3.63) is 93.5 Å². The van der Waals surface area contributed by atoms with Gasteiger partial charge in [-0.05, 0) is 66.0 Å². The van der Waals surface area contributed by atoms with E-state index in [2.05, 4.69) is 61.5 Å². The van der Waals surface area contributed by atoms with Gasteiger partial charge in [0, 0.05) is 28.8 Å². The van der Waals surface area contributed by atoms with Crippen molar-refractivity contribution in [3.8, 4) is 0 Å². The molecule has 27 heavy (non-hydrogen) atoms. The van der Waals surface area contributed by atoms with Gasteiger partial charge in [0.15, 0.2) is 0 Å². The Bertz CT molecular complexity index is 1030. The number of rotatable bonds is 2. The van der Waals surface area contributed by atoms with Crippen LogP contribution < -0.4 is 11.5 Å². The van der Waals surface area contributed by atoms with Crippen molar-refractivity contribution >= 4 is 11.4 Å². The zero-order valence-electron chi connectivity index (χ0n) is 15.8. The molecule has 0 saturated carbocycles. The highest BCUT2D eigenvalue weighted by molar-refractivity contribution is 5.74. The first-order chi connectivity index (χ1) is 13.1. The van der Waals surface area contributed by atoms with Gasteiger partial charge in [-0.1, -0.05) is 54.6 Å². The van der Waals surface area contributed by atoms with Gasteiger partial charge in [-0.15, -0.1) is 0 Å². The maximum atomic E-state index is 6.85. The van der Waals surface area contributed by atoms with Crippen molar-refractivity contribution < 1.29 is 0 Å². The van der Waals surface area contributed by atoms with Crippen LogP contribution in [0.1, 0.15) is 63.6 Å². The predicted octanol–water partition coefficient (Wildman–Crippen LogP) is 5.32. The summed E-state index contributed by atoms with van der Waals surface area (Å²) >= 11 is 0. The minimum absolute atomic E-state index is 0.316. The van der Waals surface area contributed by atoms with Crippen LogP contribution >= 0.6 is 0 Å². The van der Waals surface area contributed by atoms with Crippen LogP contribution in [0.15, 0.2) is 54.6 Å². The Labute approximate surface area is 161 Å². The number of hydrogen-bond acceptors (Lipinski definition) is 2. The summed E-state index contributed by atoms with van der Waals surface area (Å²) in [5.74, 6) is 0.701. The lowest BCUT2D eigenvalue weighted by Crippen LogP contribution is -2.12. The first-order valence-corrected chi connectivity index (χ1v) is 9.99. The number of hydrogen-bond donors (Lipinski definition) is 2. The summed E-state index contributed by atoms with van der Waals surface area (Å²) in [6.45, 7) is 2.13. The standard InChI is InChI=1S/C25H26N2/c1-15-14-22(20-12-10-16-6-2-4-8-18(16)20)25(27)23(24(15)26)21-13-11-17-7-3-5-9-19(17)21/h2-9,14,20-21H,10-13,26-27H2,1H3. The third-order valence-electron chi connectivity index (χ3n) is 6.68. The molecule has 0 aromatic heterocycles. The molecular weight excluding hydrogens is 328 g/mol. The number of nitrogen functional groups attached to an aromatic ring is 2. The summed E-state index contributed by atoms with van der Waals surface area (Å²) < 4.78 is 0. The molecule has 0 fully saturated rings. The van der Waals surface area contributed by atoms with Crippen molar-refractivity contribution in [1.29, 1.82) is 0 Å². The third-order valence-corrected chi connectivity index (χ3v) is 6.68. The van der Waals surface area contributed by atoms with E-state index >= 15 is 0 Å². The Hall–Kier alpha value is -2.74. The average Bonchev–Trinajstić information content (AvgIpc) is 3.30. The highest BCUT2D eigenvalue weighted by atomic mass is 14.7. The van der Waals surface area contributed by atoms with Crippen LogP contribution in [0.4, 0.5) is 11.4 Å². The predicted molar refractivity (Wildman–Crippen MR) is 113 cm³/mol. The Balaban J connectivity index is 1.67. The lowest BCUT2D eigenvalue weighted by Gasteiger charge is -2.24. The van der Waals surface area contributed by atoms with Crippen LogP contribution in [-0.2, 0) is 12.8 Å². The van der Waals surface area contributed by atoms with Crippen LogP contribution in [0.25, 0.3) is 0 Å². The van der Waals surface area contributed by atoms with Crippen molar-refractivity contribution in [2.45, 2.75) is 44.4 Å². The maximum Gasteiger partial charge on any atom is 0.0412 e. The quantitative estimate of drug-likeness (QED) is 0.612. The van der Waals surface area contributed by atoms with E-state index in [-0.39, 0.29) is 0 Å². The van der Waals surface area contributed by atoms with Gasteiger partial charge in [0.1, 0.15) is 0 Å². The van der Waals surface area contributed by atoms with Gasteiger partial charge in [-0.3, -0.25) is 0 Å². The van der Waals surface area contributed by atoms with E-state index in [1.54, 1.807) is 0 Å². The minimum Gasteiger partial charge on any atom is -0.398 e. The molecule has 2 atom stereocenters. The average molecular weight is 354 g/mol. The SMILES string of the molecule is Cc1cc(C2CCc3ccccc32)c(N)c(C2CCc3ccccc32)c1N. The van der Waals surface area contributed by atoms with E-state index in [1.165, 1.54) is 33.4 Å². The van der Waals surface area contributed by atoms with E-state index in [1.807, 2.05) is 0 Å². The van der Waals surface area contributed by atoms with Crippen LogP contribution in [-0.4, -0.2) is 0 Å². The molecule has 0 amide bonds. The molecule has 0 bridgehead atoms. The summed E-state index contributed by atoms with van der Waals surface area (Å²) in [4.78, 5) is 0. The Kier molecular flexibility index (Phi) is 3.75. The van der Waals surface area contributed by atoms with E-state index in [0.717, 1.165) is 42.6 Å². The van der Waals surface area contributed by atoms with Crippen molar-refractivity contribution in [2.24, 2.45) is 0 Å². The van der Waals surface area contributed by atoms with Crippen LogP contribution in [0, 0.1) is 6.92 Å². The van der Waals surface area contributed by atoms with Crippen molar-refractivity contribution in [3.63, 3.8) is 0 Å². The zero-order chi connectivity index (χ0) is 18.5. The van der Waals surface area contributed by atoms with Gasteiger partial charge in [-0.2, -0.15) is 0 Å². The van der Waals surface area contributed by atoms with E-state index < -0.39 is 0 Å². The Morgan fingerprint density at radius 1 is 0.704 bits per heavy atom. The molecule has 2 heteroatoms. The molecule has 2 nitrogen and oxygen atoms in total. The van der Waals surface area contributed by atoms with Gasteiger partial charge >= 0.3 is 0 Å². The van der Waals surface area contributed by atoms with Crippen LogP contribution in [0.5, 0.6) is 0 Å². The fourth-order valence-electron chi connectivity index (χ4n) is 5.30. The van der Waals surface area contributed by atoms with E-state index in [4.69, 9.17) is 11.5 Å². The molecule has 2 aliphatic rings. The molecule has 136 valence electrons. The number of anilines is 2. The molecule has 0 saturated heterocycles. The normalized spacial score (nSPS) is 20.5. The number of fused-ring (bicyclic) bond motifs is 2. The second-order valence-electron chi connectivity index (χ2n) is 8.10. The first-order valence-electron chi connectivity index (χ1n) is 9.99. The molecular formula is C25H26N2. The molecule has 4 N–H and O–H groups in total. The molecule has 2 aliphatic carbocycles. The summed E-state index contributed by atoms with van der Waals surface area (Å²) in [6, 6.07) is 19.8. The third kappa shape index (κ3) is 2.47. The Morgan fingerprint density at radius 3 is 1.93 bits per heavy atom. The molecule has 2 unspecified atom stereocenters. The lowest BCUT2D eigenvalue weighted by molar-refractivity contribution is 0.770. The Morgan fingerprint density at radius 2 is 1.26 bits per heavy atom. The van der Waals surface area contributed by atoms with Crippen LogP contribution in [0.3, 0.4) is 0 Å². The minimum atomic E-state index is 0.316. The monoisotopic (exact) mass is 354 g/mol. The van der Waals surface area contributed by atoms with Crippen LogP contribution in [0.2, 0.25) is 0 Å². The molecule has 3 aromatic rings. The fourth-order valence-corrected chi connectivity index (χ4v) is 5.30. The maximum absolute atomic E-state index is 6.85. The van der Waals surface area contributed by atoms with Gasteiger partial charge in [0.05, 0.1) is 0 Å². The van der Waals surface area contributed by atoms with Gasteiger partial charge in [0.2, 0.25) is 0 Å². The topological polar surface area (TPSA) is 52.0 Å². The molecule has 0 spiro atoms. The highest BCUT2D eigenvalue weighted by Gasteiger charge is 2.31. The molecule has 0 heterocycles. The summed E-state index contributed by atoms with van der Waals surface area (Å²) in [6.07, 6.45) is 4.46. The first kappa shape index (κ1) is 16.4. The van der Waals surface area contributed by atoms with Gasteiger partial charge in [0.25, 0.3) is 0 Å². The van der Waals surface area contributed by atoms with E-state index in [9.17, 15) is 0 Å². The summed E-state index contributed by atoms with van der Waals surface area (Å²) in [5, 5.41) is 0. The van der Waals surface area contributed by atoms with Crippen molar-refractivity contribution in [1.82, 2.24) is 0 Å². The van der Waals surface area contributed by atoms with Gasteiger partial charge < -0.3 is 11.5 Å².